The molecule has 2 fully saturated rings. The van der Waals surface area contributed by atoms with Crippen LogP contribution in [-0.2, 0) is 14.0 Å². The summed E-state index contributed by atoms with van der Waals surface area (Å²) >= 11 is 1.18. The third kappa shape index (κ3) is 4.20. The lowest BCUT2D eigenvalue weighted by atomic mass is 9.96. The Kier molecular flexibility index (Phi) is 5.69. The lowest BCUT2D eigenvalue weighted by molar-refractivity contribution is -0.136. The number of thioether (sulfide) groups is 1. The largest absolute Gasteiger partial charge is 0.413 e. The Morgan fingerprint density at radius 2 is 1.87 bits per heavy atom. The van der Waals surface area contributed by atoms with Crippen molar-refractivity contribution in [2.24, 2.45) is 5.92 Å². The van der Waals surface area contributed by atoms with Gasteiger partial charge in [0, 0.05) is 0 Å². The summed E-state index contributed by atoms with van der Waals surface area (Å²) in [5.74, 6) is 0.380. The Bertz CT molecular complexity index is 469. The predicted octanol–water partition coefficient (Wildman–Crippen LogP) is 3.13. The summed E-state index contributed by atoms with van der Waals surface area (Å²) in [5.41, 5.74) is 0. The molecule has 1 heterocycles. The minimum absolute atomic E-state index is 0.00970. The predicted molar refractivity (Wildman–Crippen MR) is 96.2 cm³/mol. The van der Waals surface area contributed by atoms with E-state index in [2.05, 4.69) is 39.2 Å². The number of hydrogen-bond acceptors (Lipinski definition) is 4. The van der Waals surface area contributed by atoms with Gasteiger partial charge >= 0.3 is 0 Å². The van der Waals surface area contributed by atoms with Crippen LogP contribution in [0.5, 0.6) is 0 Å². The summed E-state index contributed by atoms with van der Waals surface area (Å²) < 4.78 is 6.33. The van der Waals surface area contributed by atoms with Crippen LogP contribution in [0.3, 0.4) is 0 Å². The molecule has 3 atom stereocenters. The third-order valence-corrected chi connectivity index (χ3v) is 10.5. The summed E-state index contributed by atoms with van der Waals surface area (Å²) in [7, 11) is -1.94. The lowest BCUT2D eigenvalue weighted by Gasteiger charge is -2.45. The zero-order valence-electron chi connectivity index (χ0n) is 14.7. The monoisotopic (exact) mass is 352 g/mol. The molecule has 5 radical (unpaired) electrons. The molecular weight excluding hydrogens is 326 g/mol. The van der Waals surface area contributed by atoms with Gasteiger partial charge in [0.2, 0.25) is 5.91 Å². The molecule has 0 aromatic carbocycles. The average molecular weight is 353 g/mol. The van der Waals surface area contributed by atoms with E-state index in [0.717, 1.165) is 0 Å². The highest BCUT2D eigenvalue weighted by Crippen LogP contribution is 2.41. The van der Waals surface area contributed by atoms with Crippen LogP contribution >= 0.6 is 11.8 Å². The van der Waals surface area contributed by atoms with Gasteiger partial charge in [-0.15, -0.1) is 0 Å². The van der Waals surface area contributed by atoms with E-state index in [1.807, 2.05) is 19.8 Å². The first-order chi connectivity index (χ1) is 10.5. The molecular formula is C17H26NO3SSi. The molecule has 4 nitrogen and oxygen atoms in total. The van der Waals surface area contributed by atoms with E-state index in [4.69, 9.17) is 4.43 Å². The summed E-state index contributed by atoms with van der Waals surface area (Å²) in [6.07, 6.45) is 7.08. The quantitative estimate of drug-likeness (QED) is 0.610. The fourth-order valence-electron chi connectivity index (χ4n) is 2.34. The van der Waals surface area contributed by atoms with Gasteiger partial charge in [0.15, 0.2) is 13.4 Å². The molecule has 1 N–H and O–H groups in total. The Morgan fingerprint density at radius 1 is 1.30 bits per heavy atom. The fourth-order valence-corrected chi connectivity index (χ4v) is 4.94. The topological polar surface area (TPSA) is 55.4 Å². The maximum Gasteiger partial charge on any atom is 0.229 e. The lowest BCUT2D eigenvalue weighted by Crippen LogP contribution is -2.62. The van der Waals surface area contributed by atoms with Gasteiger partial charge in [-0.05, 0) is 50.7 Å². The molecule has 2 rings (SSSR count). The zero-order chi connectivity index (χ0) is 17.4. The minimum Gasteiger partial charge on any atom is -0.413 e. The van der Waals surface area contributed by atoms with Crippen LogP contribution < -0.4 is 5.32 Å². The van der Waals surface area contributed by atoms with Crippen LogP contribution in [0.4, 0.5) is 0 Å². The van der Waals surface area contributed by atoms with E-state index in [1.54, 1.807) is 12.8 Å². The van der Waals surface area contributed by atoms with Crippen molar-refractivity contribution in [3.63, 3.8) is 0 Å². The molecule has 1 amide bonds. The molecule has 0 aromatic rings. The minimum atomic E-state index is -1.94. The van der Waals surface area contributed by atoms with Crippen molar-refractivity contribution >= 4 is 31.1 Å². The van der Waals surface area contributed by atoms with Gasteiger partial charge in [-0.3, -0.25) is 9.59 Å². The molecule has 1 aliphatic carbocycles. The van der Waals surface area contributed by atoms with Crippen molar-refractivity contribution in [2.75, 3.05) is 0 Å². The molecule has 2 aliphatic rings. The van der Waals surface area contributed by atoms with Crippen LogP contribution in [0.25, 0.3) is 0 Å². The average Bonchev–Trinajstić information content (AvgIpc) is 2.89. The van der Waals surface area contributed by atoms with Gasteiger partial charge in [0.1, 0.15) is 0 Å². The highest BCUT2D eigenvalue weighted by molar-refractivity contribution is 8.14. The second-order valence-corrected chi connectivity index (χ2v) is 13.5. The van der Waals surface area contributed by atoms with Crippen molar-refractivity contribution in [3.05, 3.63) is 31.6 Å². The summed E-state index contributed by atoms with van der Waals surface area (Å²) in [6.45, 7) is 12.8. The normalized spacial score (nSPS) is 27.5. The highest BCUT2D eigenvalue weighted by Gasteiger charge is 2.49. The number of carbonyl (C=O) groups excluding carboxylic acids is 2. The highest BCUT2D eigenvalue weighted by atomic mass is 32.2. The number of rotatable bonds is 5. The first-order valence-electron chi connectivity index (χ1n) is 7.94. The second kappa shape index (κ2) is 6.88. The van der Waals surface area contributed by atoms with Crippen LogP contribution in [0.2, 0.25) is 18.1 Å². The van der Waals surface area contributed by atoms with E-state index in [-0.39, 0.29) is 33.5 Å². The standard InChI is InChI=1S/C17H26NO3SSi/c1-11(21-23(5,6)17(2,3)4)13-14(19)18-15(13)22-16(20)12-9-7-8-10-12/h7-11,13,15H,1-6H3,(H,18,19)/t11-,13+,15-/m1/s1. The molecule has 0 unspecified atom stereocenters. The van der Waals surface area contributed by atoms with E-state index in [1.165, 1.54) is 11.8 Å². The Labute approximate surface area is 145 Å². The molecule has 1 aliphatic heterocycles. The van der Waals surface area contributed by atoms with Gasteiger partial charge in [-0.1, -0.05) is 32.5 Å². The smallest absolute Gasteiger partial charge is 0.229 e. The number of carbonyl (C=O) groups is 2. The molecule has 6 heteroatoms. The van der Waals surface area contributed by atoms with E-state index in [0.29, 0.717) is 5.92 Å². The van der Waals surface area contributed by atoms with Gasteiger partial charge in [-0.2, -0.15) is 0 Å². The van der Waals surface area contributed by atoms with Gasteiger partial charge < -0.3 is 9.74 Å². The molecule has 23 heavy (non-hydrogen) atoms. The van der Waals surface area contributed by atoms with Crippen LogP contribution in [0, 0.1) is 37.5 Å². The van der Waals surface area contributed by atoms with Gasteiger partial charge in [0.05, 0.1) is 23.3 Å². The van der Waals surface area contributed by atoms with E-state index in [9.17, 15) is 9.59 Å². The van der Waals surface area contributed by atoms with Crippen molar-refractivity contribution in [1.82, 2.24) is 5.32 Å². The third-order valence-electron chi connectivity index (χ3n) is 4.84. The fraction of sp³-hybridized carbons (Fsp3) is 0.588. The first kappa shape index (κ1) is 19.0. The van der Waals surface area contributed by atoms with E-state index < -0.39 is 8.32 Å². The van der Waals surface area contributed by atoms with Crippen molar-refractivity contribution in [1.29, 1.82) is 0 Å². The Hall–Kier alpha value is -0.333. The molecule has 1 saturated carbocycles. The Morgan fingerprint density at radius 3 is 2.35 bits per heavy atom. The maximum absolute atomic E-state index is 12.2. The molecule has 1 saturated heterocycles. The zero-order valence-corrected chi connectivity index (χ0v) is 16.5. The SMILES string of the molecule is C[C@@H](O[Si](C)(C)C(C)(C)C)[C@H]1C(=O)N[C@@H]1SC(=O)[C]1[CH][CH][CH][CH]1. The van der Waals surface area contributed by atoms with Crippen molar-refractivity contribution in [2.45, 2.75) is 57.3 Å². The molecule has 0 spiro atoms. The van der Waals surface area contributed by atoms with Crippen LogP contribution in [0.15, 0.2) is 0 Å². The van der Waals surface area contributed by atoms with Gasteiger partial charge in [-0.25, -0.2) is 0 Å². The second-order valence-electron chi connectivity index (χ2n) is 7.62. The van der Waals surface area contributed by atoms with Gasteiger partial charge in [0.25, 0.3) is 0 Å². The summed E-state index contributed by atoms with van der Waals surface area (Å²) in [5, 5.41) is 2.71. The number of nitrogens with one attached hydrogen (secondary N) is 1. The van der Waals surface area contributed by atoms with Crippen LogP contribution in [-0.4, -0.2) is 30.8 Å². The number of hydrogen-bond donors (Lipinski definition) is 1. The first-order valence-corrected chi connectivity index (χ1v) is 11.7. The van der Waals surface area contributed by atoms with Crippen molar-refractivity contribution < 1.29 is 14.0 Å². The summed E-state index contributed by atoms with van der Waals surface area (Å²) in [4.78, 5) is 24.2. The molecule has 0 aromatic heterocycles. The van der Waals surface area contributed by atoms with Crippen molar-refractivity contribution in [3.8, 4) is 0 Å². The Balaban J connectivity index is 1.94. The van der Waals surface area contributed by atoms with E-state index >= 15 is 0 Å². The molecule has 127 valence electrons. The number of amides is 1. The molecule has 0 bridgehead atoms. The summed E-state index contributed by atoms with van der Waals surface area (Å²) in [6, 6.07) is 0. The van der Waals surface area contributed by atoms with Crippen LogP contribution in [0.1, 0.15) is 27.7 Å². The number of β-lactam (4-membered cyclic amide) rings is 1. The maximum atomic E-state index is 12.2.